The molecule has 1 unspecified atom stereocenters. The molecular formula is C14H18FN3. The van der Waals surface area contributed by atoms with Crippen molar-refractivity contribution in [1.29, 1.82) is 5.26 Å². The molecule has 4 heteroatoms. The molecule has 0 spiro atoms. The topological polar surface area (TPSA) is 30.3 Å². The standard InChI is InChI=1S/C14H18FN3/c1-11-9-12(3-4-13(11)15)14(10-16)18-7-5-17(2)6-8-18/h3-4,9,14H,5-8H2,1-2H3. The van der Waals surface area contributed by atoms with Crippen molar-refractivity contribution in [1.82, 2.24) is 9.80 Å². The first-order valence-electron chi connectivity index (χ1n) is 6.20. The van der Waals surface area contributed by atoms with Crippen molar-refractivity contribution in [2.45, 2.75) is 13.0 Å². The monoisotopic (exact) mass is 247 g/mol. The zero-order valence-electron chi connectivity index (χ0n) is 10.9. The molecule has 0 N–H and O–H groups in total. The zero-order valence-corrected chi connectivity index (χ0v) is 10.9. The number of piperazine rings is 1. The Morgan fingerprint density at radius 2 is 1.94 bits per heavy atom. The van der Waals surface area contributed by atoms with Crippen molar-refractivity contribution in [2.24, 2.45) is 0 Å². The molecule has 0 amide bonds. The summed E-state index contributed by atoms with van der Waals surface area (Å²) < 4.78 is 13.3. The number of halogens is 1. The van der Waals surface area contributed by atoms with Crippen LogP contribution in [0, 0.1) is 24.1 Å². The highest BCUT2D eigenvalue weighted by atomic mass is 19.1. The third-order valence-electron chi connectivity index (χ3n) is 3.52. The minimum atomic E-state index is -0.266. The number of likely N-dealkylation sites (N-methyl/N-ethyl adjacent to an activating group) is 1. The molecule has 0 aliphatic carbocycles. The number of nitrogens with zero attached hydrogens (tertiary/aromatic N) is 3. The summed E-state index contributed by atoms with van der Waals surface area (Å²) >= 11 is 0. The summed E-state index contributed by atoms with van der Waals surface area (Å²) in [5.41, 5.74) is 1.49. The van der Waals surface area contributed by atoms with Gasteiger partial charge < -0.3 is 4.90 Å². The summed E-state index contributed by atoms with van der Waals surface area (Å²) in [7, 11) is 2.08. The van der Waals surface area contributed by atoms with Gasteiger partial charge in [0.05, 0.1) is 6.07 Å². The Bertz CT molecular complexity index is 459. The molecule has 0 bridgehead atoms. The first-order valence-corrected chi connectivity index (χ1v) is 6.20. The van der Waals surface area contributed by atoms with Crippen molar-refractivity contribution in [3.63, 3.8) is 0 Å². The molecule has 3 nitrogen and oxygen atoms in total. The Morgan fingerprint density at radius 3 is 2.50 bits per heavy atom. The second kappa shape index (κ2) is 5.47. The van der Waals surface area contributed by atoms with Gasteiger partial charge in [-0.25, -0.2) is 4.39 Å². The van der Waals surface area contributed by atoms with Crippen molar-refractivity contribution in [2.75, 3.05) is 33.2 Å². The highest BCUT2D eigenvalue weighted by molar-refractivity contribution is 5.29. The van der Waals surface area contributed by atoms with E-state index in [4.69, 9.17) is 0 Å². The molecule has 96 valence electrons. The third-order valence-corrected chi connectivity index (χ3v) is 3.52. The van der Waals surface area contributed by atoms with Crippen LogP contribution in [-0.4, -0.2) is 43.0 Å². The SMILES string of the molecule is Cc1cc(C(C#N)N2CCN(C)CC2)ccc1F. The van der Waals surface area contributed by atoms with Gasteiger partial charge >= 0.3 is 0 Å². The van der Waals surface area contributed by atoms with E-state index in [0.717, 1.165) is 31.7 Å². The molecule has 1 saturated heterocycles. The molecule has 1 fully saturated rings. The highest BCUT2D eigenvalue weighted by Gasteiger charge is 2.23. The number of hydrogen-bond donors (Lipinski definition) is 0. The Balaban J connectivity index is 2.18. The Hall–Kier alpha value is -1.44. The minimum absolute atomic E-state index is 0.214. The minimum Gasteiger partial charge on any atom is -0.304 e. The number of hydrogen-bond acceptors (Lipinski definition) is 3. The fourth-order valence-electron chi connectivity index (χ4n) is 2.29. The van der Waals surface area contributed by atoms with E-state index < -0.39 is 0 Å². The van der Waals surface area contributed by atoms with Gasteiger partial charge in [0.1, 0.15) is 11.9 Å². The molecule has 1 aliphatic heterocycles. The molecule has 1 atom stereocenters. The summed E-state index contributed by atoms with van der Waals surface area (Å²) in [5.74, 6) is -0.214. The maximum absolute atomic E-state index is 13.3. The molecular weight excluding hydrogens is 229 g/mol. The van der Waals surface area contributed by atoms with Gasteiger partial charge in [0.15, 0.2) is 0 Å². The summed E-state index contributed by atoms with van der Waals surface area (Å²) in [6, 6.07) is 7.01. The molecule has 1 aromatic rings. The largest absolute Gasteiger partial charge is 0.304 e. The average Bonchev–Trinajstić information content (AvgIpc) is 2.37. The Morgan fingerprint density at radius 1 is 1.28 bits per heavy atom. The van der Waals surface area contributed by atoms with Crippen LogP contribution in [0.4, 0.5) is 4.39 Å². The Kier molecular flexibility index (Phi) is 3.95. The first-order chi connectivity index (χ1) is 8.61. The number of rotatable bonds is 2. The number of aryl methyl sites for hydroxylation is 1. The highest BCUT2D eigenvalue weighted by Crippen LogP contribution is 2.23. The second-order valence-electron chi connectivity index (χ2n) is 4.88. The molecule has 18 heavy (non-hydrogen) atoms. The lowest BCUT2D eigenvalue weighted by Gasteiger charge is -2.35. The van der Waals surface area contributed by atoms with Crippen LogP contribution >= 0.6 is 0 Å². The van der Waals surface area contributed by atoms with Crippen LogP contribution in [0.1, 0.15) is 17.2 Å². The van der Waals surface area contributed by atoms with Crippen LogP contribution in [0.2, 0.25) is 0 Å². The second-order valence-corrected chi connectivity index (χ2v) is 4.88. The lowest BCUT2D eigenvalue weighted by atomic mass is 10.0. The fourth-order valence-corrected chi connectivity index (χ4v) is 2.29. The summed E-state index contributed by atoms with van der Waals surface area (Å²) in [6.07, 6.45) is 0. The predicted molar refractivity (Wildman–Crippen MR) is 68.6 cm³/mol. The van der Waals surface area contributed by atoms with E-state index in [-0.39, 0.29) is 11.9 Å². The normalized spacial score (nSPS) is 19.4. The van der Waals surface area contributed by atoms with Crippen molar-refractivity contribution in [3.05, 3.63) is 35.1 Å². The third kappa shape index (κ3) is 2.69. The van der Waals surface area contributed by atoms with Gasteiger partial charge in [-0.1, -0.05) is 12.1 Å². The summed E-state index contributed by atoms with van der Waals surface area (Å²) in [6.45, 7) is 5.43. The lowest BCUT2D eigenvalue weighted by molar-refractivity contribution is 0.133. The quantitative estimate of drug-likeness (QED) is 0.800. The fraction of sp³-hybridized carbons (Fsp3) is 0.500. The molecule has 1 aliphatic rings. The van der Waals surface area contributed by atoms with Crippen LogP contribution in [0.5, 0.6) is 0 Å². The van der Waals surface area contributed by atoms with Crippen molar-refractivity contribution >= 4 is 0 Å². The lowest BCUT2D eigenvalue weighted by Crippen LogP contribution is -2.45. The van der Waals surface area contributed by atoms with Crippen LogP contribution in [0.15, 0.2) is 18.2 Å². The maximum atomic E-state index is 13.3. The van der Waals surface area contributed by atoms with Crippen LogP contribution in [0.25, 0.3) is 0 Å². The summed E-state index contributed by atoms with van der Waals surface area (Å²) in [4.78, 5) is 4.41. The average molecular weight is 247 g/mol. The van der Waals surface area contributed by atoms with Gasteiger partial charge in [0.2, 0.25) is 0 Å². The first kappa shape index (κ1) is 13.0. The molecule has 1 aromatic carbocycles. The van der Waals surface area contributed by atoms with Crippen LogP contribution in [0.3, 0.4) is 0 Å². The van der Waals surface area contributed by atoms with E-state index in [0.29, 0.717) is 5.56 Å². The van der Waals surface area contributed by atoms with Crippen LogP contribution < -0.4 is 0 Å². The van der Waals surface area contributed by atoms with E-state index in [1.54, 1.807) is 19.1 Å². The Labute approximate surface area is 107 Å². The predicted octanol–water partition coefficient (Wildman–Crippen LogP) is 1.95. The number of benzene rings is 1. The van der Waals surface area contributed by atoms with E-state index in [2.05, 4.69) is 22.9 Å². The van der Waals surface area contributed by atoms with Gasteiger partial charge in [-0.2, -0.15) is 5.26 Å². The summed E-state index contributed by atoms with van der Waals surface area (Å²) in [5, 5.41) is 9.36. The molecule has 0 aromatic heterocycles. The number of nitriles is 1. The van der Waals surface area contributed by atoms with Crippen LogP contribution in [-0.2, 0) is 0 Å². The van der Waals surface area contributed by atoms with Crippen molar-refractivity contribution in [3.8, 4) is 6.07 Å². The van der Waals surface area contributed by atoms with E-state index in [1.165, 1.54) is 6.07 Å². The van der Waals surface area contributed by atoms with Gasteiger partial charge in [-0.05, 0) is 31.2 Å². The zero-order chi connectivity index (χ0) is 13.1. The van der Waals surface area contributed by atoms with Gasteiger partial charge in [-0.3, -0.25) is 4.90 Å². The van der Waals surface area contributed by atoms with Gasteiger partial charge in [0.25, 0.3) is 0 Å². The van der Waals surface area contributed by atoms with E-state index in [1.807, 2.05) is 0 Å². The maximum Gasteiger partial charge on any atom is 0.126 e. The smallest absolute Gasteiger partial charge is 0.126 e. The van der Waals surface area contributed by atoms with Gasteiger partial charge in [-0.15, -0.1) is 0 Å². The molecule has 1 heterocycles. The van der Waals surface area contributed by atoms with E-state index >= 15 is 0 Å². The molecule has 2 rings (SSSR count). The molecule has 0 radical (unpaired) electrons. The molecule has 0 saturated carbocycles. The van der Waals surface area contributed by atoms with E-state index in [9.17, 15) is 9.65 Å². The van der Waals surface area contributed by atoms with Gasteiger partial charge in [0, 0.05) is 26.2 Å². The van der Waals surface area contributed by atoms with Crippen molar-refractivity contribution < 1.29 is 4.39 Å².